The highest BCUT2D eigenvalue weighted by Crippen LogP contribution is 2.41. The summed E-state index contributed by atoms with van der Waals surface area (Å²) in [7, 11) is 1.71. The molecule has 0 bridgehead atoms. The second kappa shape index (κ2) is 9.38. The summed E-state index contributed by atoms with van der Waals surface area (Å²) in [5, 5.41) is 1.83. The molecule has 2 fully saturated rings. The van der Waals surface area contributed by atoms with E-state index in [2.05, 4.69) is 42.4 Å². The van der Waals surface area contributed by atoms with Crippen LogP contribution in [0.4, 0.5) is 0 Å². The lowest BCUT2D eigenvalue weighted by Gasteiger charge is -2.37. The van der Waals surface area contributed by atoms with E-state index in [0.29, 0.717) is 5.41 Å². The van der Waals surface area contributed by atoms with E-state index in [9.17, 15) is 4.79 Å². The Kier molecular flexibility index (Phi) is 6.47. The molecule has 3 aromatic rings. The first-order valence-corrected chi connectivity index (χ1v) is 12.9. The smallest absolute Gasteiger partial charge is 0.260 e. The Labute approximate surface area is 202 Å². The second-order valence-corrected chi connectivity index (χ2v) is 11.1. The van der Waals surface area contributed by atoms with Gasteiger partial charge >= 0.3 is 0 Å². The number of hydrogen-bond acceptors (Lipinski definition) is 4. The topological polar surface area (TPSA) is 48.6 Å². The van der Waals surface area contributed by atoms with Crippen molar-refractivity contribution in [1.29, 1.82) is 0 Å². The molecule has 0 amide bonds. The van der Waals surface area contributed by atoms with Crippen LogP contribution in [-0.2, 0) is 11.3 Å². The van der Waals surface area contributed by atoms with Gasteiger partial charge in [0.25, 0.3) is 5.56 Å². The van der Waals surface area contributed by atoms with Crippen molar-refractivity contribution in [1.82, 2.24) is 14.0 Å². The normalized spacial score (nSPS) is 22.5. The number of pyridine rings is 1. The van der Waals surface area contributed by atoms with E-state index in [1.54, 1.807) is 7.11 Å². The van der Waals surface area contributed by atoms with Crippen LogP contribution in [0, 0.1) is 11.3 Å². The zero-order chi connectivity index (χ0) is 23.9. The highest BCUT2D eigenvalue weighted by Gasteiger charge is 2.31. The maximum atomic E-state index is 13.9. The molecule has 0 unspecified atom stereocenters. The largest absolute Gasteiger partial charge is 0.495 e. The van der Waals surface area contributed by atoms with Gasteiger partial charge in [0.05, 0.1) is 36.7 Å². The molecule has 5 rings (SSSR count). The van der Waals surface area contributed by atoms with Gasteiger partial charge in [-0.2, -0.15) is 0 Å². The first-order chi connectivity index (χ1) is 16.4. The van der Waals surface area contributed by atoms with Crippen LogP contribution in [0.15, 0.2) is 35.3 Å². The van der Waals surface area contributed by atoms with Crippen molar-refractivity contribution in [3.8, 4) is 5.75 Å². The molecular formula is C28H39N3O3. The van der Waals surface area contributed by atoms with Gasteiger partial charge in [0.2, 0.25) is 0 Å². The van der Waals surface area contributed by atoms with Gasteiger partial charge in [-0.15, -0.1) is 0 Å². The molecule has 1 saturated carbocycles. The van der Waals surface area contributed by atoms with E-state index < -0.39 is 0 Å². The fraction of sp³-hybridized carbons (Fsp3) is 0.607. The average Bonchev–Trinajstić information content (AvgIpc) is 3.17. The molecule has 0 N–H and O–H groups in total. The summed E-state index contributed by atoms with van der Waals surface area (Å²) in [6.45, 7) is 12.3. The molecule has 1 aliphatic carbocycles. The number of rotatable bonds is 5. The molecule has 1 aliphatic heterocycles. The summed E-state index contributed by atoms with van der Waals surface area (Å²) in [5.74, 6) is 1.56. The van der Waals surface area contributed by atoms with Crippen molar-refractivity contribution in [2.75, 3.05) is 40.0 Å². The van der Waals surface area contributed by atoms with Crippen molar-refractivity contribution in [2.45, 2.75) is 59.0 Å². The van der Waals surface area contributed by atoms with Gasteiger partial charge in [0.15, 0.2) is 0 Å². The quantitative estimate of drug-likeness (QED) is 0.528. The Balaban J connectivity index is 1.54. The number of nitrogens with zero attached hydrogens (tertiary/aromatic N) is 3. The van der Waals surface area contributed by atoms with Crippen LogP contribution >= 0.6 is 0 Å². The maximum Gasteiger partial charge on any atom is 0.260 e. The molecule has 184 valence electrons. The summed E-state index contributed by atoms with van der Waals surface area (Å²) in [6.07, 6.45) is 6.57. The van der Waals surface area contributed by atoms with E-state index in [-0.39, 0.29) is 11.6 Å². The summed E-state index contributed by atoms with van der Waals surface area (Å²) >= 11 is 0. The third-order valence-electron chi connectivity index (χ3n) is 8.20. The summed E-state index contributed by atoms with van der Waals surface area (Å²) in [4.78, 5) is 16.4. The summed E-state index contributed by atoms with van der Waals surface area (Å²) in [6, 6.07) is 8.52. The first kappa shape index (κ1) is 23.4. The fourth-order valence-corrected chi connectivity index (χ4v) is 6.11. The Bertz CT molecular complexity index is 1210. The lowest BCUT2D eigenvalue weighted by molar-refractivity contribution is 0.0366. The van der Waals surface area contributed by atoms with Crippen molar-refractivity contribution >= 4 is 21.8 Å². The minimum atomic E-state index is 0.139. The fourth-order valence-electron chi connectivity index (χ4n) is 6.11. The Hall–Kier alpha value is -2.31. The lowest BCUT2D eigenvalue weighted by Crippen LogP contribution is -2.38. The molecule has 3 heterocycles. The zero-order valence-corrected chi connectivity index (χ0v) is 21.2. The number of aromatic nitrogens is 2. The molecule has 6 heteroatoms. The predicted octanol–water partition coefficient (Wildman–Crippen LogP) is 5.07. The number of fused-ring (bicyclic) bond motifs is 3. The number of methoxy groups -OCH3 is 1. The Morgan fingerprint density at radius 1 is 1.03 bits per heavy atom. The van der Waals surface area contributed by atoms with Crippen molar-refractivity contribution in [3.63, 3.8) is 0 Å². The standard InChI is InChI=1S/C28H39N3O3/c1-28(2,3)20-8-10-21(11-9-20)30-13-12-23-25(27(30)32)22-6-5-7-24(33-4)26(22)31(23)15-14-29-16-18-34-19-17-29/h5-7,12-13,20-21H,8-11,14-19H2,1-4H3. The molecule has 0 atom stereocenters. The van der Waals surface area contributed by atoms with Crippen LogP contribution in [0.3, 0.4) is 0 Å². The van der Waals surface area contributed by atoms with E-state index in [4.69, 9.17) is 9.47 Å². The number of morpholine rings is 1. The maximum absolute atomic E-state index is 13.9. The van der Waals surface area contributed by atoms with Crippen LogP contribution in [0.1, 0.15) is 52.5 Å². The van der Waals surface area contributed by atoms with Gasteiger partial charge < -0.3 is 18.6 Å². The number of hydrogen-bond donors (Lipinski definition) is 0. The number of benzene rings is 1. The van der Waals surface area contributed by atoms with Crippen LogP contribution in [0.25, 0.3) is 21.8 Å². The lowest BCUT2D eigenvalue weighted by atomic mass is 9.71. The highest BCUT2D eigenvalue weighted by molar-refractivity contribution is 6.09. The average molecular weight is 466 g/mol. The van der Waals surface area contributed by atoms with E-state index in [1.165, 1.54) is 12.8 Å². The third-order valence-corrected chi connectivity index (χ3v) is 8.20. The van der Waals surface area contributed by atoms with Crippen LogP contribution in [0.5, 0.6) is 5.75 Å². The minimum absolute atomic E-state index is 0.139. The molecule has 34 heavy (non-hydrogen) atoms. The van der Waals surface area contributed by atoms with Gasteiger partial charge in [-0.3, -0.25) is 9.69 Å². The van der Waals surface area contributed by atoms with Crippen molar-refractivity contribution < 1.29 is 9.47 Å². The van der Waals surface area contributed by atoms with Gasteiger partial charge in [-0.1, -0.05) is 32.9 Å². The first-order valence-electron chi connectivity index (χ1n) is 12.9. The summed E-state index contributed by atoms with van der Waals surface area (Å²) < 4.78 is 15.6. The van der Waals surface area contributed by atoms with Crippen LogP contribution < -0.4 is 10.3 Å². The number of ether oxygens (including phenoxy) is 2. The molecule has 1 aromatic carbocycles. The Morgan fingerprint density at radius 3 is 2.44 bits per heavy atom. The van der Waals surface area contributed by atoms with Gasteiger partial charge in [0, 0.05) is 43.8 Å². The van der Waals surface area contributed by atoms with Crippen LogP contribution in [0.2, 0.25) is 0 Å². The second-order valence-electron chi connectivity index (χ2n) is 11.1. The summed E-state index contributed by atoms with van der Waals surface area (Å²) in [5.41, 5.74) is 2.52. The van der Waals surface area contributed by atoms with E-state index in [1.807, 2.05) is 22.9 Å². The third kappa shape index (κ3) is 4.27. The van der Waals surface area contributed by atoms with Crippen LogP contribution in [-0.4, -0.2) is 54.0 Å². The van der Waals surface area contributed by atoms with E-state index >= 15 is 0 Å². The molecule has 2 aliphatic rings. The minimum Gasteiger partial charge on any atom is -0.495 e. The highest BCUT2D eigenvalue weighted by atomic mass is 16.5. The SMILES string of the molecule is COc1cccc2c3c(=O)n(C4CCC(C(C)(C)C)CC4)ccc3n(CCN3CCOCC3)c12. The molecule has 1 saturated heterocycles. The van der Waals surface area contributed by atoms with E-state index in [0.717, 1.165) is 85.7 Å². The van der Waals surface area contributed by atoms with Crippen molar-refractivity contribution in [2.24, 2.45) is 11.3 Å². The van der Waals surface area contributed by atoms with Gasteiger partial charge in [0.1, 0.15) is 5.75 Å². The Morgan fingerprint density at radius 2 is 1.76 bits per heavy atom. The number of para-hydroxylation sites is 1. The molecule has 0 radical (unpaired) electrons. The molecular weight excluding hydrogens is 426 g/mol. The van der Waals surface area contributed by atoms with Crippen molar-refractivity contribution in [3.05, 3.63) is 40.8 Å². The molecule has 6 nitrogen and oxygen atoms in total. The van der Waals surface area contributed by atoms with Gasteiger partial charge in [-0.25, -0.2) is 0 Å². The predicted molar refractivity (Wildman–Crippen MR) is 138 cm³/mol. The molecule has 0 spiro atoms. The monoisotopic (exact) mass is 465 g/mol. The van der Waals surface area contributed by atoms with Gasteiger partial charge in [-0.05, 0) is 49.1 Å². The zero-order valence-electron chi connectivity index (χ0n) is 21.2. The molecule has 2 aromatic heterocycles.